The number of carbonyl (C=O) groups excluding carboxylic acids is 2. The molecular weight excluding hydrogens is 320 g/mol. The summed E-state index contributed by atoms with van der Waals surface area (Å²) in [4.78, 5) is 25.2. The van der Waals surface area contributed by atoms with E-state index >= 15 is 0 Å². The first-order valence-corrected chi connectivity index (χ1v) is 8.75. The molecule has 1 saturated carbocycles. The van der Waals surface area contributed by atoms with Gasteiger partial charge in [0, 0.05) is 12.6 Å². The highest BCUT2D eigenvalue weighted by Gasteiger charge is 2.35. The van der Waals surface area contributed by atoms with Gasteiger partial charge in [0.15, 0.2) is 6.61 Å². The Morgan fingerprint density at radius 1 is 1.24 bits per heavy atom. The second-order valence-electron chi connectivity index (χ2n) is 6.45. The molecule has 2 aliphatic rings. The van der Waals surface area contributed by atoms with Crippen molar-refractivity contribution in [2.24, 2.45) is 5.73 Å². The summed E-state index contributed by atoms with van der Waals surface area (Å²) >= 11 is 0. The Morgan fingerprint density at radius 2 is 2.00 bits per heavy atom. The number of rotatable bonds is 5. The van der Waals surface area contributed by atoms with Gasteiger partial charge in [0.2, 0.25) is 5.91 Å². The minimum Gasteiger partial charge on any atom is -0.484 e. The van der Waals surface area contributed by atoms with Crippen molar-refractivity contribution in [2.75, 3.05) is 19.8 Å². The van der Waals surface area contributed by atoms with Gasteiger partial charge in [-0.15, -0.1) is 0 Å². The lowest BCUT2D eigenvalue weighted by Crippen LogP contribution is -2.54. The molecule has 2 amide bonds. The predicted molar refractivity (Wildman–Crippen MR) is 93.9 cm³/mol. The molecular formula is C19H24N2O4. The smallest absolute Gasteiger partial charge is 0.255 e. The van der Waals surface area contributed by atoms with E-state index in [1.165, 1.54) is 6.42 Å². The lowest BCUT2D eigenvalue weighted by Gasteiger charge is -2.43. The zero-order valence-corrected chi connectivity index (χ0v) is 14.2. The molecule has 0 radical (unpaired) electrons. The Kier molecular flexibility index (Phi) is 5.71. The van der Waals surface area contributed by atoms with Crippen molar-refractivity contribution in [2.45, 2.75) is 37.8 Å². The Bertz CT molecular complexity index is 639. The minimum atomic E-state index is -0.513. The molecule has 1 heterocycles. The van der Waals surface area contributed by atoms with Crippen LogP contribution < -0.4 is 10.5 Å². The topological polar surface area (TPSA) is 81.9 Å². The Balaban J connectivity index is 1.59. The first-order chi connectivity index (χ1) is 12.1. The number of carbonyl (C=O) groups is 2. The van der Waals surface area contributed by atoms with E-state index in [1.54, 1.807) is 24.3 Å². The van der Waals surface area contributed by atoms with E-state index in [0.717, 1.165) is 24.8 Å². The summed E-state index contributed by atoms with van der Waals surface area (Å²) in [5, 5.41) is 0. The lowest BCUT2D eigenvalue weighted by atomic mass is 9.90. The van der Waals surface area contributed by atoms with E-state index in [0.29, 0.717) is 18.9 Å². The van der Waals surface area contributed by atoms with Crippen LogP contribution in [0.5, 0.6) is 5.75 Å². The third-order valence-electron chi connectivity index (χ3n) is 4.69. The molecule has 134 valence electrons. The maximum absolute atomic E-state index is 12.6. The van der Waals surface area contributed by atoms with E-state index in [1.807, 2.05) is 17.0 Å². The average Bonchev–Trinajstić information content (AvgIpc) is 2.64. The van der Waals surface area contributed by atoms with E-state index in [4.69, 9.17) is 15.2 Å². The van der Waals surface area contributed by atoms with Crippen LogP contribution in [0.15, 0.2) is 30.3 Å². The maximum Gasteiger partial charge on any atom is 0.255 e. The normalized spacial score (nSPS) is 23.3. The number of morpholine rings is 1. The van der Waals surface area contributed by atoms with Crippen molar-refractivity contribution in [1.82, 2.24) is 4.90 Å². The summed E-state index contributed by atoms with van der Waals surface area (Å²) in [6.07, 6.45) is 8.03. The highest BCUT2D eigenvalue weighted by atomic mass is 16.5. The van der Waals surface area contributed by atoms with Gasteiger partial charge in [0.05, 0.1) is 18.8 Å². The summed E-state index contributed by atoms with van der Waals surface area (Å²) in [6.45, 7) is 1.13. The molecule has 1 aromatic carbocycles. The summed E-state index contributed by atoms with van der Waals surface area (Å²) in [7, 11) is 0. The second-order valence-corrected chi connectivity index (χ2v) is 6.45. The highest BCUT2D eigenvalue weighted by molar-refractivity contribution is 5.92. The first-order valence-electron chi connectivity index (χ1n) is 8.75. The monoisotopic (exact) mass is 344 g/mol. The highest BCUT2D eigenvalue weighted by Crippen LogP contribution is 2.28. The summed E-state index contributed by atoms with van der Waals surface area (Å²) < 4.78 is 11.0. The molecule has 0 aromatic heterocycles. The van der Waals surface area contributed by atoms with Crippen LogP contribution in [0, 0.1) is 0 Å². The van der Waals surface area contributed by atoms with Crippen molar-refractivity contribution < 1.29 is 19.1 Å². The fourth-order valence-electron chi connectivity index (χ4n) is 3.46. The molecule has 6 heteroatoms. The number of primary amides is 1. The van der Waals surface area contributed by atoms with Crippen LogP contribution in [0.1, 0.15) is 31.2 Å². The predicted octanol–water partition coefficient (Wildman–Crippen LogP) is 1.73. The van der Waals surface area contributed by atoms with Gasteiger partial charge in [-0.2, -0.15) is 0 Å². The molecule has 0 spiro atoms. The quantitative estimate of drug-likeness (QED) is 0.825. The molecule has 1 saturated heterocycles. The van der Waals surface area contributed by atoms with Crippen molar-refractivity contribution in [1.29, 1.82) is 0 Å². The molecule has 1 aliphatic heterocycles. The Morgan fingerprint density at radius 3 is 2.76 bits per heavy atom. The first kappa shape index (κ1) is 17.5. The van der Waals surface area contributed by atoms with Gasteiger partial charge in [-0.05, 0) is 36.6 Å². The van der Waals surface area contributed by atoms with E-state index in [2.05, 4.69) is 0 Å². The number of hydrogen-bond donors (Lipinski definition) is 1. The Hall–Kier alpha value is -2.34. The Labute approximate surface area is 147 Å². The maximum atomic E-state index is 12.6. The fraction of sp³-hybridized carbons (Fsp3) is 0.474. The molecule has 1 aliphatic carbocycles. The van der Waals surface area contributed by atoms with Crippen molar-refractivity contribution in [3.8, 4) is 5.75 Å². The molecule has 1 aromatic rings. The fourth-order valence-corrected chi connectivity index (χ4v) is 3.46. The molecule has 25 heavy (non-hydrogen) atoms. The van der Waals surface area contributed by atoms with Crippen LogP contribution in [0.3, 0.4) is 0 Å². The molecule has 2 fully saturated rings. The van der Waals surface area contributed by atoms with Crippen molar-refractivity contribution in [3.05, 3.63) is 35.9 Å². The van der Waals surface area contributed by atoms with Gasteiger partial charge in [0.1, 0.15) is 5.75 Å². The third-order valence-corrected chi connectivity index (χ3v) is 4.69. The molecule has 6 nitrogen and oxygen atoms in total. The van der Waals surface area contributed by atoms with E-state index in [-0.39, 0.29) is 24.7 Å². The van der Waals surface area contributed by atoms with Crippen LogP contribution in [0.25, 0.3) is 6.08 Å². The van der Waals surface area contributed by atoms with Crippen LogP contribution in [0.4, 0.5) is 0 Å². The molecule has 0 unspecified atom stereocenters. The number of benzene rings is 1. The summed E-state index contributed by atoms with van der Waals surface area (Å²) in [6, 6.07) is 7.38. The van der Waals surface area contributed by atoms with Crippen molar-refractivity contribution in [3.63, 3.8) is 0 Å². The van der Waals surface area contributed by atoms with Crippen LogP contribution in [0.2, 0.25) is 0 Å². The van der Waals surface area contributed by atoms with Gasteiger partial charge >= 0.3 is 0 Å². The molecule has 3 rings (SSSR count). The molecule has 2 atom stereocenters. The molecule has 0 bridgehead atoms. The zero-order valence-electron chi connectivity index (χ0n) is 14.2. The van der Waals surface area contributed by atoms with Gasteiger partial charge in [0.25, 0.3) is 5.91 Å². The molecule has 2 N–H and O–H groups in total. The van der Waals surface area contributed by atoms with Gasteiger partial charge in [-0.3, -0.25) is 9.59 Å². The number of fused-ring (bicyclic) bond motifs is 1. The van der Waals surface area contributed by atoms with Gasteiger partial charge in [-0.1, -0.05) is 25.0 Å². The van der Waals surface area contributed by atoms with Crippen LogP contribution in [-0.4, -0.2) is 48.6 Å². The summed E-state index contributed by atoms with van der Waals surface area (Å²) in [5.74, 6) is 0.0934. The summed E-state index contributed by atoms with van der Waals surface area (Å²) in [5.41, 5.74) is 5.94. The van der Waals surface area contributed by atoms with Gasteiger partial charge in [-0.25, -0.2) is 0 Å². The standard InChI is InChI=1S/C19H24N2O4/c20-18(22)13-25-15-8-5-14(6-9-15)7-10-19(23)21-11-12-24-17-4-2-1-3-16(17)21/h5-10,16-17H,1-4,11-13H2,(H2,20,22)/b10-7+/t16-,17-/m1/s1. The minimum absolute atomic E-state index is 0.0363. The third kappa shape index (κ3) is 4.60. The van der Waals surface area contributed by atoms with Gasteiger partial charge < -0.3 is 20.1 Å². The average molecular weight is 344 g/mol. The van der Waals surface area contributed by atoms with Crippen LogP contribution in [-0.2, 0) is 14.3 Å². The largest absolute Gasteiger partial charge is 0.484 e. The zero-order chi connectivity index (χ0) is 17.6. The second kappa shape index (κ2) is 8.16. The van der Waals surface area contributed by atoms with E-state index in [9.17, 15) is 9.59 Å². The van der Waals surface area contributed by atoms with Crippen LogP contribution >= 0.6 is 0 Å². The number of ether oxygens (including phenoxy) is 2. The SMILES string of the molecule is NC(=O)COc1ccc(/C=C/C(=O)N2CCO[C@@H]3CCCC[C@H]32)cc1. The van der Waals surface area contributed by atoms with E-state index < -0.39 is 5.91 Å². The lowest BCUT2D eigenvalue weighted by molar-refractivity contribution is -0.144. The number of nitrogens with zero attached hydrogens (tertiary/aromatic N) is 1. The number of hydrogen-bond acceptors (Lipinski definition) is 4. The number of nitrogens with two attached hydrogens (primary N) is 1. The number of amides is 2. The van der Waals surface area contributed by atoms with Crippen molar-refractivity contribution >= 4 is 17.9 Å².